The smallest absolute Gasteiger partial charge is 0.408 e. The second-order valence-corrected chi connectivity index (χ2v) is 13.8. The molecule has 0 bridgehead atoms. The molecule has 0 radical (unpaired) electrons. The van der Waals surface area contributed by atoms with E-state index in [9.17, 15) is 19.2 Å². The number of carbonyl (C=O) groups excluding carboxylic acids is 4. The van der Waals surface area contributed by atoms with Crippen LogP contribution in [0.5, 0.6) is 0 Å². The molecule has 0 saturated carbocycles. The molecule has 1 aromatic carbocycles. The van der Waals surface area contributed by atoms with Crippen molar-refractivity contribution in [3.63, 3.8) is 0 Å². The lowest BCUT2D eigenvalue weighted by molar-refractivity contribution is -0.265. The number of alkyl carbamates (subject to hydrolysis) is 1. The molecule has 1 amide bonds. The molecule has 10 nitrogen and oxygen atoms in total. The van der Waals surface area contributed by atoms with E-state index >= 15 is 0 Å². The zero-order chi connectivity index (χ0) is 35.7. The van der Waals surface area contributed by atoms with Crippen molar-refractivity contribution in [3.8, 4) is 0 Å². The first-order valence-corrected chi connectivity index (χ1v) is 18.9. The molecule has 1 heterocycles. The molecular weight excluding hydrogens is 650 g/mol. The molecule has 0 aliphatic carbocycles. The number of halogens is 1. The fourth-order valence-electron chi connectivity index (χ4n) is 6.22. The fourth-order valence-corrected chi connectivity index (χ4v) is 6.29. The van der Waals surface area contributed by atoms with Crippen molar-refractivity contribution in [3.05, 3.63) is 35.9 Å². The monoisotopic (exact) mass is 709 g/mol. The largest absolute Gasteiger partial charge is 0.465 e. The summed E-state index contributed by atoms with van der Waals surface area (Å²) in [4.78, 5) is 60.1. The molecule has 278 valence electrons. The van der Waals surface area contributed by atoms with E-state index in [1.807, 2.05) is 30.3 Å². The van der Waals surface area contributed by atoms with Crippen LogP contribution in [-0.4, -0.2) is 48.3 Å². The lowest BCUT2D eigenvalue weighted by Crippen LogP contribution is -2.62. The Morgan fingerprint density at radius 3 is 1.96 bits per heavy atom. The first-order valence-electron chi connectivity index (χ1n) is 18.5. The molecule has 0 spiro atoms. The van der Waals surface area contributed by atoms with Crippen molar-refractivity contribution >= 4 is 35.1 Å². The SMILES string of the molecule is CCCCCCCCCCCCCCCCCC(=O)OCC(CCOC(=O)Cl)CC1OOC(=O)[C@@]1(NC(=O)OCc1ccccc1)C(C)C. The standard InChI is InChI=1S/C38H60ClNO9/c1-4-5-6-7-8-9-10-11-12-13-14-15-16-17-21-24-34(41)46-29-32(25-26-45-36(39)43)27-33-38(30(2)3,35(42)49-48-33)40-37(44)47-28-31-22-19-18-20-23-31/h18-20,22-23,30,32-33H,4-17,21,24-29H2,1-3H3,(H,40,44)/t32?,33?,38-/m1/s1. The summed E-state index contributed by atoms with van der Waals surface area (Å²) in [5, 5.41) is 2.70. The predicted molar refractivity (Wildman–Crippen MR) is 189 cm³/mol. The number of unbranched alkanes of at least 4 members (excludes halogenated alkanes) is 14. The zero-order valence-corrected chi connectivity index (χ0v) is 30.8. The van der Waals surface area contributed by atoms with Crippen LogP contribution in [0.4, 0.5) is 9.59 Å². The van der Waals surface area contributed by atoms with Crippen molar-refractivity contribution < 1.29 is 43.2 Å². The van der Waals surface area contributed by atoms with Crippen LogP contribution in [0.2, 0.25) is 0 Å². The van der Waals surface area contributed by atoms with Crippen LogP contribution in [0.3, 0.4) is 0 Å². The van der Waals surface area contributed by atoms with Gasteiger partial charge in [0.05, 0.1) is 13.2 Å². The molecule has 1 fully saturated rings. The summed E-state index contributed by atoms with van der Waals surface area (Å²) in [6.45, 7) is 5.79. The van der Waals surface area contributed by atoms with Gasteiger partial charge in [-0.1, -0.05) is 141 Å². The molecule has 1 aliphatic heterocycles. The Bertz CT molecular complexity index is 1090. The Balaban J connectivity index is 1.76. The van der Waals surface area contributed by atoms with Crippen molar-refractivity contribution in [2.45, 2.75) is 155 Å². The molecule has 1 saturated heterocycles. The second kappa shape index (κ2) is 25.2. The van der Waals surface area contributed by atoms with Crippen molar-refractivity contribution in [1.82, 2.24) is 5.32 Å². The summed E-state index contributed by atoms with van der Waals surface area (Å²) in [6, 6.07) is 9.16. The second-order valence-electron chi connectivity index (χ2n) is 13.5. The van der Waals surface area contributed by atoms with Crippen molar-refractivity contribution in [2.24, 2.45) is 11.8 Å². The average molecular weight is 710 g/mol. The third-order valence-corrected chi connectivity index (χ3v) is 9.38. The van der Waals surface area contributed by atoms with Gasteiger partial charge in [-0.3, -0.25) is 9.68 Å². The van der Waals surface area contributed by atoms with Crippen molar-refractivity contribution in [1.29, 1.82) is 0 Å². The maximum atomic E-state index is 13.0. The van der Waals surface area contributed by atoms with Gasteiger partial charge in [0.15, 0.2) is 5.54 Å². The lowest BCUT2D eigenvalue weighted by Gasteiger charge is -2.34. The molecule has 3 atom stereocenters. The Kier molecular flexibility index (Phi) is 21.7. The normalized spacial score (nSPS) is 17.8. The number of hydrogen-bond acceptors (Lipinski definition) is 9. The number of nitrogens with one attached hydrogen (secondary N) is 1. The quantitative estimate of drug-likeness (QED) is 0.0312. The maximum absolute atomic E-state index is 13.0. The van der Waals surface area contributed by atoms with E-state index in [1.165, 1.54) is 77.0 Å². The number of benzene rings is 1. The molecule has 1 aliphatic rings. The van der Waals surface area contributed by atoms with Crippen LogP contribution in [0, 0.1) is 11.8 Å². The van der Waals surface area contributed by atoms with Crippen molar-refractivity contribution in [2.75, 3.05) is 13.2 Å². The predicted octanol–water partition coefficient (Wildman–Crippen LogP) is 9.74. The fraction of sp³-hybridized carbons (Fsp3) is 0.737. The van der Waals surface area contributed by atoms with E-state index in [2.05, 4.69) is 12.2 Å². The minimum Gasteiger partial charge on any atom is -0.465 e. The van der Waals surface area contributed by atoms with Gasteiger partial charge in [-0.15, -0.1) is 0 Å². The highest BCUT2D eigenvalue weighted by atomic mass is 35.5. The summed E-state index contributed by atoms with van der Waals surface area (Å²) >= 11 is 5.35. The molecule has 1 N–H and O–H groups in total. The average Bonchev–Trinajstić information content (AvgIpc) is 3.39. The number of amides is 1. The van der Waals surface area contributed by atoms with Crippen LogP contribution >= 0.6 is 11.6 Å². The summed E-state index contributed by atoms with van der Waals surface area (Å²) in [5.41, 5.74) is -1.70. The van der Waals surface area contributed by atoms with Gasteiger partial charge in [-0.25, -0.2) is 14.4 Å². The number of carbonyl (C=O) groups is 4. The number of rotatable bonds is 27. The van der Waals surface area contributed by atoms with E-state index in [-0.39, 0.29) is 44.5 Å². The first kappa shape index (κ1) is 42.3. The summed E-state index contributed by atoms with van der Waals surface area (Å²) in [7, 11) is 0. The van der Waals surface area contributed by atoms with Gasteiger partial charge in [0.25, 0.3) is 0 Å². The maximum Gasteiger partial charge on any atom is 0.408 e. The van der Waals surface area contributed by atoms with Gasteiger partial charge < -0.3 is 19.5 Å². The van der Waals surface area contributed by atoms with Crippen LogP contribution in [-0.2, 0) is 40.2 Å². The highest BCUT2D eigenvalue weighted by Gasteiger charge is 2.58. The van der Waals surface area contributed by atoms with Gasteiger partial charge in [0.1, 0.15) is 12.7 Å². The lowest BCUT2D eigenvalue weighted by atomic mass is 9.78. The van der Waals surface area contributed by atoms with Crippen LogP contribution in [0.15, 0.2) is 30.3 Å². The number of hydrogen-bond donors (Lipinski definition) is 1. The van der Waals surface area contributed by atoms with E-state index < -0.39 is 35.1 Å². The first-order chi connectivity index (χ1) is 23.7. The third-order valence-electron chi connectivity index (χ3n) is 9.27. The van der Waals surface area contributed by atoms with Gasteiger partial charge in [-0.05, 0) is 36.7 Å². The van der Waals surface area contributed by atoms with E-state index in [0.29, 0.717) is 6.42 Å². The summed E-state index contributed by atoms with van der Waals surface area (Å²) < 4.78 is 15.9. The summed E-state index contributed by atoms with van der Waals surface area (Å²) in [5.74, 6) is -1.89. The Labute approximate surface area is 298 Å². The molecule has 1 aromatic rings. The highest BCUT2D eigenvalue weighted by molar-refractivity contribution is 6.61. The topological polar surface area (TPSA) is 126 Å². The summed E-state index contributed by atoms with van der Waals surface area (Å²) in [6.07, 6.45) is 17.7. The molecule has 11 heteroatoms. The van der Waals surface area contributed by atoms with Crippen LogP contribution < -0.4 is 5.32 Å². The van der Waals surface area contributed by atoms with E-state index in [0.717, 1.165) is 24.8 Å². The molecule has 2 unspecified atom stereocenters. The third kappa shape index (κ3) is 17.1. The van der Waals surface area contributed by atoms with Gasteiger partial charge in [0, 0.05) is 18.0 Å². The molecule has 2 rings (SSSR count). The number of ether oxygens (including phenoxy) is 3. The Hall–Kier alpha value is -2.85. The molecular formula is C38H60ClNO9. The van der Waals surface area contributed by atoms with Gasteiger partial charge in [-0.2, -0.15) is 4.89 Å². The highest BCUT2D eigenvalue weighted by Crippen LogP contribution is 2.36. The zero-order valence-electron chi connectivity index (χ0n) is 30.0. The van der Waals surface area contributed by atoms with E-state index in [4.69, 9.17) is 35.6 Å². The van der Waals surface area contributed by atoms with E-state index in [1.54, 1.807) is 13.8 Å². The van der Waals surface area contributed by atoms with Crippen LogP contribution in [0.25, 0.3) is 0 Å². The molecule has 49 heavy (non-hydrogen) atoms. The minimum absolute atomic E-state index is 0.0120. The molecule has 0 aromatic heterocycles. The Morgan fingerprint density at radius 1 is 0.837 bits per heavy atom. The Morgan fingerprint density at radius 2 is 1.41 bits per heavy atom. The minimum atomic E-state index is -1.55. The van der Waals surface area contributed by atoms with Gasteiger partial charge in [0.2, 0.25) is 0 Å². The number of esters is 1. The van der Waals surface area contributed by atoms with Gasteiger partial charge >= 0.3 is 23.5 Å². The van der Waals surface area contributed by atoms with Crippen LogP contribution in [0.1, 0.15) is 142 Å².